The van der Waals surface area contributed by atoms with E-state index in [1.165, 1.54) is 0 Å². The molecule has 1 saturated heterocycles. The molecule has 0 amide bonds. The van der Waals surface area contributed by atoms with Gasteiger partial charge in [0.2, 0.25) is 0 Å². The summed E-state index contributed by atoms with van der Waals surface area (Å²) in [7, 11) is 0. The lowest BCUT2D eigenvalue weighted by molar-refractivity contribution is -0.145. The van der Waals surface area contributed by atoms with Gasteiger partial charge in [0.05, 0.1) is 6.61 Å². The van der Waals surface area contributed by atoms with Crippen molar-refractivity contribution >= 4 is 47.6 Å². The van der Waals surface area contributed by atoms with Crippen LogP contribution in [0.1, 0.15) is 30.2 Å². The third-order valence-electron chi connectivity index (χ3n) is 5.53. The quantitative estimate of drug-likeness (QED) is 0.208. The summed E-state index contributed by atoms with van der Waals surface area (Å²) >= 11 is 0. The molecule has 2 heterocycles. The van der Waals surface area contributed by atoms with Gasteiger partial charge in [-0.15, -0.1) is 24.8 Å². The molecule has 0 unspecified atom stereocenters. The summed E-state index contributed by atoms with van der Waals surface area (Å²) in [5.74, 6) is 1.75. The summed E-state index contributed by atoms with van der Waals surface area (Å²) in [5.41, 5.74) is 7.95. The number of rotatable bonds is 10. The number of esters is 1. The zero-order valence-electron chi connectivity index (χ0n) is 19.5. The number of aryl methyl sites for hydroxylation is 2. The van der Waals surface area contributed by atoms with Crippen LogP contribution < -0.4 is 20.5 Å². The minimum atomic E-state index is -0.409. The number of ether oxygens (including phenoxy) is 3. The van der Waals surface area contributed by atoms with Crippen molar-refractivity contribution < 1.29 is 23.4 Å². The highest BCUT2D eigenvalue weighted by molar-refractivity contribution is 5.98. The molecule has 0 aliphatic carbocycles. The van der Waals surface area contributed by atoms with E-state index in [-0.39, 0.29) is 43.4 Å². The van der Waals surface area contributed by atoms with Crippen LogP contribution in [-0.4, -0.2) is 44.2 Å². The van der Waals surface area contributed by atoms with Crippen molar-refractivity contribution in [2.45, 2.75) is 32.3 Å². The molecule has 1 aliphatic heterocycles. The Morgan fingerprint density at radius 3 is 2.71 bits per heavy atom. The van der Waals surface area contributed by atoms with E-state index in [1.807, 2.05) is 36.4 Å². The molecular formula is C25H31Cl2N3O5. The molecule has 4 rings (SSSR count). The van der Waals surface area contributed by atoms with Gasteiger partial charge in [-0.2, -0.15) is 0 Å². The minimum Gasteiger partial charge on any atom is -0.489 e. The number of fused-ring (bicyclic) bond motifs is 1. The fourth-order valence-corrected chi connectivity index (χ4v) is 3.86. The van der Waals surface area contributed by atoms with Gasteiger partial charge in [0.25, 0.3) is 0 Å². The van der Waals surface area contributed by atoms with Gasteiger partial charge in [0.1, 0.15) is 34.8 Å². The molecular weight excluding hydrogens is 493 g/mol. The standard InChI is InChI=1S/C25H29N3O5.2ClH/c1-2-30-24(29)15-31-23-13-20(32-21-9-10-28-14-21)7-4-16(23)3-6-19-12-18-11-17(25(26)27)5-8-22(18)33-19;;/h4-5,7-8,11-13,21,28H,2-3,6,9-10,14-15H2,1H3,(H3,26,27);2*1H/t21-;;/m0../s1. The van der Waals surface area contributed by atoms with Crippen LogP contribution in [0.5, 0.6) is 11.5 Å². The van der Waals surface area contributed by atoms with Crippen LogP contribution in [0.4, 0.5) is 0 Å². The van der Waals surface area contributed by atoms with Gasteiger partial charge in [0.15, 0.2) is 6.61 Å². The molecule has 4 N–H and O–H groups in total. The zero-order valence-corrected chi connectivity index (χ0v) is 21.1. The molecule has 1 fully saturated rings. The van der Waals surface area contributed by atoms with Gasteiger partial charge in [0, 0.05) is 30.0 Å². The van der Waals surface area contributed by atoms with E-state index in [0.29, 0.717) is 36.5 Å². The zero-order chi connectivity index (χ0) is 23.2. The summed E-state index contributed by atoms with van der Waals surface area (Å²) in [4.78, 5) is 11.8. The number of nitrogens with one attached hydrogen (secondary N) is 2. The van der Waals surface area contributed by atoms with Gasteiger partial charge in [-0.3, -0.25) is 5.41 Å². The average Bonchev–Trinajstić information content (AvgIpc) is 3.46. The number of furan rings is 1. The SMILES string of the molecule is CCOC(=O)COc1cc(O[C@H]2CCNC2)ccc1CCc1cc2cc(C(=N)N)ccc2o1.Cl.Cl. The Balaban J connectivity index is 0.00000216. The van der Waals surface area contributed by atoms with Crippen molar-refractivity contribution in [3.05, 3.63) is 59.4 Å². The number of benzene rings is 2. The summed E-state index contributed by atoms with van der Waals surface area (Å²) in [5, 5.41) is 11.8. The Morgan fingerprint density at radius 1 is 1.17 bits per heavy atom. The highest BCUT2D eigenvalue weighted by Gasteiger charge is 2.17. The van der Waals surface area contributed by atoms with Crippen molar-refractivity contribution in [2.24, 2.45) is 5.73 Å². The Kier molecular flexibility index (Phi) is 10.7. The predicted octanol–water partition coefficient (Wildman–Crippen LogP) is 4.03. The largest absolute Gasteiger partial charge is 0.489 e. The highest BCUT2D eigenvalue weighted by Crippen LogP contribution is 2.29. The van der Waals surface area contributed by atoms with E-state index in [2.05, 4.69) is 5.32 Å². The summed E-state index contributed by atoms with van der Waals surface area (Å²) in [6, 6.07) is 13.2. The van der Waals surface area contributed by atoms with Crippen molar-refractivity contribution in [3.63, 3.8) is 0 Å². The normalized spacial score (nSPS) is 14.6. The maximum absolute atomic E-state index is 11.8. The van der Waals surface area contributed by atoms with Crippen LogP contribution in [0.25, 0.3) is 11.0 Å². The first-order valence-electron chi connectivity index (χ1n) is 11.2. The highest BCUT2D eigenvalue weighted by atomic mass is 35.5. The molecule has 1 aliphatic rings. The molecule has 0 saturated carbocycles. The molecule has 1 atom stereocenters. The van der Waals surface area contributed by atoms with E-state index in [9.17, 15) is 4.79 Å². The van der Waals surface area contributed by atoms with E-state index in [1.54, 1.807) is 13.0 Å². The number of halogens is 2. The first kappa shape index (κ1) is 28.3. The van der Waals surface area contributed by atoms with Crippen molar-refractivity contribution in [1.82, 2.24) is 5.32 Å². The molecule has 1 aromatic heterocycles. The van der Waals surface area contributed by atoms with Crippen LogP contribution in [0.3, 0.4) is 0 Å². The molecule has 35 heavy (non-hydrogen) atoms. The Hall–Kier alpha value is -2.94. The molecule has 8 nitrogen and oxygen atoms in total. The fraction of sp³-hybridized carbons (Fsp3) is 0.360. The van der Waals surface area contributed by atoms with Gasteiger partial charge < -0.3 is 29.7 Å². The average molecular weight is 524 g/mol. The van der Waals surface area contributed by atoms with Crippen LogP contribution in [-0.2, 0) is 22.4 Å². The molecule has 2 aromatic carbocycles. The fourth-order valence-electron chi connectivity index (χ4n) is 3.86. The third-order valence-corrected chi connectivity index (χ3v) is 5.53. The predicted molar refractivity (Wildman–Crippen MR) is 140 cm³/mol. The molecule has 190 valence electrons. The number of nitrogens with two attached hydrogens (primary N) is 1. The van der Waals surface area contributed by atoms with Crippen LogP contribution in [0.2, 0.25) is 0 Å². The Labute approximate surface area is 216 Å². The lowest BCUT2D eigenvalue weighted by atomic mass is 10.1. The Bertz CT molecular complexity index is 1150. The van der Waals surface area contributed by atoms with E-state index in [4.69, 9.17) is 29.8 Å². The second-order valence-corrected chi connectivity index (χ2v) is 7.97. The first-order chi connectivity index (χ1) is 16.0. The van der Waals surface area contributed by atoms with E-state index < -0.39 is 5.97 Å². The van der Waals surface area contributed by atoms with Gasteiger partial charge in [-0.25, -0.2) is 4.79 Å². The Morgan fingerprint density at radius 2 is 2.00 bits per heavy atom. The topological polar surface area (TPSA) is 120 Å². The van der Waals surface area contributed by atoms with Gasteiger partial charge in [-0.05, 0) is 62.2 Å². The van der Waals surface area contributed by atoms with Crippen molar-refractivity contribution in [3.8, 4) is 11.5 Å². The minimum absolute atomic E-state index is 0. The molecule has 10 heteroatoms. The number of carbonyl (C=O) groups excluding carboxylic acids is 1. The maximum atomic E-state index is 11.8. The molecule has 3 aromatic rings. The van der Waals surface area contributed by atoms with Crippen molar-refractivity contribution in [2.75, 3.05) is 26.3 Å². The third kappa shape index (κ3) is 7.52. The number of hydrogen-bond acceptors (Lipinski definition) is 7. The first-order valence-corrected chi connectivity index (χ1v) is 11.2. The second-order valence-electron chi connectivity index (χ2n) is 7.97. The van der Waals surface area contributed by atoms with Gasteiger partial charge in [-0.1, -0.05) is 6.07 Å². The summed E-state index contributed by atoms with van der Waals surface area (Å²) < 4.78 is 22.8. The number of carbonyl (C=O) groups is 1. The number of amidine groups is 1. The monoisotopic (exact) mass is 523 g/mol. The maximum Gasteiger partial charge on any atom is 0.344 e. The van der Waals surface area contributed by atoms with E-state index >= 15 is 0 Å². The van der Waals surface area contributed by atoms with Crippen LogP contribution in [0.15, 0.2) is 46.9 Å². The van der Waals surface area contributed by atoms with Crippen molar-refractivity contribution in [1.29, 1.82) is 5.41 Å². The number of hydrogen-bond donors (Lipinski definition) is 3. The molecule has 0 radical (unpaired) electrons. The smallest absolute Gasteiger partial charge is 0.344 e. The lowest BCUT2D eigenvalue weighted by Gasteiger charge is -2.16. The number of nitrogen functional groups attached to an aromatic ring is 1. The van der Waals surface area contributed by atoms with Crippen LogP contribution >= 0.6 is 24.8 Å². The van der Waals surface area contributed by atoms with Crippen LogP contribution in [0, 0.1) is 5.41 Å². The summed E-state index contributed by atoms with van der Waals surface area (Å²) in [6.07, 6.45) is 2.39. The molecule has 0 spiro atoms. The second kappa shape index (κ2) is 13.2. The lowest BCUT2D eigenvalue weighted by Crippen LogP contribution is -2.19. The van der Waals surface area contributed by atoms with E-state index in [0.717, 1.165) is 41.8 Å². The molecule has 0 bridgehead atoms. The summed E-state index contributed by atoms with van der Waals surface area (Å²) in [6.45, 7) is 3.68. The van der Waals surface area contributed by atoms with Gasteiger partial charge >= 0.3 is 5.97 Å².